The lowest BCUT2D eigenvalue weighted by molar-refractivity contribution is 0.243. The van der Waals surface area contributed by atoms with Crippen LogP contribution in [0.3, 0.4) is 0 Å². The highest BCUT2D eigenvalue weighted by Crippen LogP contribution is 2.46. The molecule has 4 rings (SSSR count). The van der Waals surface area contributed by atoms with Gasteiger partial charge in [0.2, 0.25) is 0 Å². The van der Waals surface area contributed by atoms with Crippen molar-refractivity contribution >= 4 is 24.2 Å². The molecule has 1 aromatic heterocycles. The van der Waals surface area contributed by atoms with Gasteiger partial charge in [0.15, 0.2) is 0 Å². The molecule has 2 aliphatic rings. The molecule has 2 aromatic rings. The first-order chi connectivity index (χ1) is 11.9. The Morgan fingerprint density at radius 3 is 2.44 bits per heavy atom. The van der Waals surface area contributed by atoms with Crippen LogP contribution in [-0.2, 0) is 0 Å². The summed E-state index contributed by atoms with van der Waals surface area (Å²) in [5.41, 5.74) is 2.89. The summed E-state index contributed by atoms with van der Waals surface area (Å²) in [6.07, 6.45) is 13.0. The molecule has 0 N–H and O–H groups in total. The van der Waals surface area contributed by atoms with Gasteiger partial charge in [-0.25, -0.2) is 0 Å². The SMILES string of the molecule is C1=CSC(C2CCCC(C(c3ccccc3)c3ccncc3)C2)C1.Cl. The second-order valence-corrected chi connectivity index (χ2v) is 8.29. The predicted octanol–water partition coefficient (Wildman–Crippen LogP) is 6.46. The molecule has 0 amide bonds. The number of aromatic nitrogens is 1. The maximum Gasteiger partial charge on any atom is 0.0270 e. The third-order valence-electron chi connectivity index (χ3n) is 5.69. The minimum Gasteiger partial charge on any atom is -0.265 e. The van der Waals surface area contributed by atoms with Crippen LogP contribution >= 0.6 is 24.2 Å². The Hall–Kier alpha value is -1.25. The van der Waals surface area contributed by atoms with Crippen molar-refractivity contribution in [1.29, 1.82) is 0 Å². The molecule has 0 bridgehead atoms. The van der Waals surface area contributed by atoms with Gasteiger partial charge in [-0.05, 0) is 66.2 Å². The summed E-state index contributed by atoms with van der Waals surface area (Å²) in [4.78, 5) is 4.23. The van der Waals surface area contributed by atoms with Crippen LogP contribution in [0.25, 0.3) is 0 Å². The lowest BCUT2D eigenvalue weighted by atomic mass is 9.69. The van der Waals surface area contributed by atoms with Gasteiger partial charge in [0, 0.05) is 23.6 Å². The van der Waals surface area contributed by atoms with Crippen LogP contribution in [0.5, 0.6) is 0 Å². The summed E-state index contributed by atoms with van der Waals surface area (Å²) in [6.45, 7) is 0. The van der Waals surface area contributed by atoms with Crippen molar-refractivity contribution < 1.29 is 0 Å². The van der Waals surface area contributed by atoms with E-state index in [0.29, 0.717) is 5.92 Å². The molecule has 2 heterocycles. The quantitative estimate of drug-likeness (QED) is 0.611. The number of benzene rings is 1. The zero-order valence-electron chi connectivity index (χ0n) is 14.5. The monoisotopic (exact) mass is 371 g/mol. The standard InChI is InChI=1S/C22H25NS.ClH/c1-2-6-17(7-3-1)22(18-11-13-23-14-12-18)20-9-4-8-19(16-20)21-10-5-15-24-21;/h1-3,5-7,11-15,19-22H,4,8-10,16H2;1H. The van der Waals surface area contributed by atoms with Crippen molar-refractivity contribution in [1.82, 2.24) is 4.98 Å². The summed E-state index contributed by atoms with van der Waals surface area (Å²) in [5, 5.41) is 3.13. The second kappa shape index (κ2) is 8.91. The summed E-state index contributed by atoms with van der Waals surface area (Å²) < 4.78 is 0. The van der Waals surface area contributed by atoms with Gasteiger partial charge in [0.05, 0.1) is 0 Å². The molecule has 1 fully saturated rings. The second-order valence-electron chi connectivity index (χ2n) is 7.14. The highest BCUT2D eigenvalue weighted by Gasteiger charge is 2.34. The summed E-state index contributed by atoms with van der Waals surface area (Å²) in [5.74, 6) is 2.13. The van der Waals surface area contributed by atoms with Gasteiger partial charge < -0.3 is 0 Å². The first-order valence-corrected chi connectivity index (χ1v) is 10.1. The van der Waals surface area contributed by atoms with E-state index >= 15 is 0 Å². The van der Waals surface area contributed by atoms with Gasteiger partial charge >= 0.3 is 0 Å². The molecule has 1 saturated carbocycles. The Kier molecular flexibility index (Phi) is 6.61. The lowest BCUT2D eigenvalue weighted by Gasteiger charge is -2.37. The number of rotatable bonds is 4. The van der Waals surface area contributed by atoms with E-state index in [0.717, 1.165) is 17.1 Å². The van der Waals surface area contributed by atoms with E-state index in [1.165, 1.54) is 43.2 Å². The Balaban J connectivity index is 0.00000182. The number of hydrogen-bond acceptors (Lipinski definition) is 2. The highest BCUT2D eigenvalue weighted by atomic mass is 35.5. The number of hydrogen-bond donors (Lipinski definition) is 0. The predicted molar refractivity (Wildman–Crippen MR) is 110 cm³/mol. The molecular formula is C22H26ClNS. The summed E-state index contributed by atoms with van der Waals surface area (Å²) >= 11 is 2.06. The molecule has 0 radical (unpaired) electrons. The molecule has 1 nitrogen and oxygen atoms in total. The van der Waals surface area contributed by atoms with E-state index in [-0.39, 0.29) is 12.4 Å². The molecule has 0 spiro atoms. The largest absolute Gasteiger partial charge is 0.265 e. The van der Waals surface area contributed by atoms with E-state index in [4.69, 9.17) is 0 Å². The first-order valence-electron chi connectivity index (χ1n) is 9.17. The fourth-order valence-corrected chi connectivity index (χ4v) is 5.70. The smallest absolute Gasteiger partial charge is 0.0270 e. The number of nitrogens with zero attached hydrogens (tertiary/aromatic N) is 1. The number of allylic oxidation sites excluding steroid dienone is 1. The Morgan fingerprint density at radius 2 is 1.72 bits per heavy atom. The lowest BCUT2D eigenvalue weighted by Crippen LogP contribution is -2.27. The molecule has 25 heavy (non-hydrogen) atoms. The van der Waals surface area contributed by atoms with Crippen LogP contribution in [0.2, 0.25) is 0 Å². The number of thioether (sulfide) groups is 1. The molecule has 1 aliphatic carbocycles. The summed E-state index contributed by atoms with van der Waals surface area (Å²) in [6, 6.07) is 15.5. The third kappa shape index (κ3) is 4.30. The van der Waals surface area contributed by atoms with Gasteiger partial charge in [0.25, 0.3) is 0 Å². The minimum absolute atomic E-state index is 0. The molecule has 4 unspecified atom stereocenters. The van der Waals surface area contributed by atoms with Crippen molar-refractivity contribution in [3.05, 3.63) is 77.5 Å². The van der Waals surface area contributed by atoms with Crippen LogP contribution in [0, 0.1) is 11.8 Å². The Morgan fingerprint density at radius 1 is 0.960 bits per heavy atom. The summed E-state index contributed by atoms with van der Waals surface area (Å²) in [7, 11) is 0. The molecular weight excluding hydrogens is 346 g/mol. The molecule has 1 aliphatic heterocycles. The maximum absolute atomic E-state index is 4.23. The van der Waals surface area contributed by atoms with Crippen LogP contribution < -0.4 is 0 Å². The highest BCUT2D eigenvalue weighted by molar-refractivity contribution is 8.03. The average Bonchev–Trinajstić information content (AvgIpc) is 3.19. The van der Waals surface area contributed by atoms with Crippen molar-refractivity contribution in [2.75, 3.05) is 0 Å². The van der Waals surface area contributed by atoms with E-state index in [2.05, 4.69) is 70.7 Å². The van der Waals surface area contributed by atoms with E-state index in [1.54, 1.807) is 0 Å². The molecule has 1 aromatic carbocycles. The molecule has 4 atom stereocenters. The zero-order valence-corrected chi connectivity index (χ0v) is 16.1. The van der Waals surface area contributed by atoms with Crippen molar-refractivity contribution in [3.63, 3.8) is 0 Å². The molecule has 3 heteroatoms. The fourth-order valence-electron chi connectivity index (χ4n) is 4.58. The number of pyridine rings is 1. The van der Waals surface area contributed by atoms with Gasteiger partial charge in [-0.1, -0.05) is 42.8 Å². The van der Waals surface area contributed by atoms with Gasteiger partial charge in [-0.2, -0.15) is 0 Å². The first kappa shape index (κ1) is 18.5. The van der Waals surface area contributed by atoms with Crippen molar-refractivity contribution in [2.24, 2.45) is 11.8 Å². The topological polar surface area (TPSA) is 12.9 Å². The van der Waals surface area contributed by atoms with Crippen LogP contribution in [0.4, 0.5) is 0 Å². The molecule has 132 valence electrons. The Labute approximate surface area is 161 Å². The maximum atomic E-state index is 4.23. The van der Waals surface area contributed by atoms with Gasteiger partial charge in [0.1, 0.15) is 0 Å². The van der Waals surface area contributed by atoms with Crippen molar-refractivity contribution in [3.8, 4) is 0 Å². The fraction of sp³-hybridized carbons (Fsp3) is 0.409. The third-order valence-corrected chi connectivity index (χ3v) is 6.97. The van der Waals surface area contributed by atoms with E-state index in [9.17, 15) is 0 Å². The average molecular weight is 372 g/mol. The molecule has 0 saturated heterocycles. The van der Waals surface area contributed by atoms with E-state index < -0.39 is 0 Å². The van der Waals surface area contributed by atoms with Gasteiger partial charge in [-0.3, -0.25) is 4.98 Å². The Bertz CT molecular complexity index is 625. The van der Waals surface area contributed by atoms with Crippen LogP contribution in [0.15, 0.2) is 66.3 Å². The minimum atomic E-state index is 0. The van der Waals surface area contributed by atoms with E-state index in [1.807, 2.05) is 12.4 Å². The van der Waals surface area contributed by atoms with Crippen molar-refractivity contribution in [2.45, 2.75) is 43.3 Å². The van der Waals surface area contributed by atoms with Crippen LogP contribution in [0.1, 0.15) is 49.1 Å². The zero-order chi connectivity index (χ0) is 16.2. The van der Waals surface area contributed by atoms with Gasteiger partial charge in [-0.15, -0.1) is 24.2 Å². The normalized spacial score (nSPS) is 26.8. The number of halogens is 1. The van der Waals surface area contributed by atoms with Crippen LogP contribution in [-0.4, -0.2) is 10.2 Å².